The first-order valence-corrected chi connectivity index (χ1v) is 10.0. The average molecular weight is 411 g/mol. The number of nitrogens with one attached hydrogen (secondary N) is 2. The van der Waals surface area contributed by atoms with Gasteiger partial charge in [-0.25, -0.2) is 0 Å². The van der Waals surface area contributed by atoms with E-state index in [0.29, 0.717) is 17.1 Å². The van der Waals surface area contributed by atoms with Gasteiger partial charge in [0.1, 0.15) is 5.75 Å². The predicted molar refractivity (Wildman–Crippen MR) is 115 cm³/mol. The number of piperidine rings is 1. The highest BCUT2D eigenvalue weighted by atomic mass is 35.5. The molecule has 0 radical (unpaired) electrons. The minimum Gasteiger partial charge on any atom is -0.497 e. The van der Waals surface area contributed by atoms with Crippen LogP contribution in [0.3, 0.4) is 0 Å². The number of amides is 1. The molecule has 0 saturated carbocycles. The Labute approximate surface area is 174 Å². The van der Waals surface area contributed by atoms with Crippen molar-refractivity contribution in [3.8, 4) is 17.0 Å². The number of hydrogen-bond donors (Lipinski definition) is 2. The van der Waals surface area contributed by atoms with E-state index in [1.54, 1.807) is 19.2 Å². The van der Waals surface area contributed by atoms with Crippen LogP contribution in [-0.2, 0) is 0 Å². The molecule has 150 valence electrons. The number of benzene rings is 2. The Morgan fingerprint density at radius 3 is 2.79 bits per heavy atom. The van der Waals surface area contributed by atoms with Crippen LogP contribution in [0.4, 0.5) is 5.82 Å². The van der Waals surface area contributed by atoms with Crippen molar-refractivity contribution in [2.24, 2.45) is 0 Å². The van der Waals surface area contributed by atoms with Crippen LogP contribution in [0.25, 0.3) is 11.3 Å². The van der Waals surface area contributed by atoms with Crippen LogP contribution in [-0.4, -0.2) is 42.3 Å². The molecule has 2 heterocycles. The molecule has 6 nitrogen and oxygen atoms in total. The van der Waals surface area contributed by atoms with Crippen LogP contribution in [0, 0.1) is 0 Å². The van der Waals surface area contributed by atoms with Crippen LogP contribution in [0.5, 0.6) is 5.75 Å². The van der Waals surface area contributed by atoms with Gasteiger partial charge in [0.2, 0.25) is 0 Å². The van der Waals surface area contributed by atoms with Crippen molar-refractivity contribution in [3.05, 3.63) is 65.2 Å². The lowest BCUT2D eigenvalue weighted by Gasteiger charge is -2.33. The van der Waals surface area contributed by atoms with Crippen LogP contribution in [0.1, 0.15) is 23.2 Å². The monoisotopic (exact) mass is 410 g/mol. The van der Waals surface area contributed by atoms with E-state index in [4.69, 9.17) is 16.3 Å². The Balaban J connectivity index is 1.43. The Morgan fingerprint density at radius 2 is 2.03 bits per heavy atom. The Hall–Kier alpha value is -2.99. The van der Waals surface area contributed by atoms with Gasteiger partial charge >= 0.3 is 0 Å². The lowest BCUT2D eigenvalue weighted by atomic mass is 10.0. The third-order valence-corrected chi connectivity index (χ3v) is 5.49. The summed E-state index contributed by atoms with van der Waals surface area (Å²) in [7, 11) is 1.65. The van der Waals surface area contributed by atoms with Crippen molar-refractivity contribution in [1.82, 2.24) is 15.5 Å². The van der Waals surface area contributed by atoms with E-state index < -0.39 is 0 Å². The van der Waals surface area contributed by atoms with Crippen molar-refractivity contribution in [2.45, 2.75) is 18.9 Å². The fraction of sp³-hybridized carbons (Fsp3) is 0.273. The fourth-order valence-electron chi connectivity index (χ4n) is 3.60. The number of methoxy groups -OCH3 is 1. The Bertz CT molecular complexity index is 986. The summed E-state index contributed by atoms with van der Waals surface area (Å²) < 4.78 is 5.21. The number of aromatic nitrogens is 2. The molecule has 0 bridgehead atoms. The summed E-state index contributed by atoms with van der Waals surface area (Å²) in [6.45, 7) is 1.62. The van der Waals surface area contributed by atoms with Gasteiger partial charge in [0, 0.05) is 25.2 Å². The number of hydrogen-bond acceptors (Lipinski definition) is 4. The molecule has 2 N–H and O–H groups in total. The lowest BCUT2D eigenvalue weighted by Crippen LogP contribution is -2.48. The highest BCUT2D eigenvalue weighted by molar-refractivity contribution is 6.33. The van der Waals surface area contributed by atoms with Gasteiger partial charge in [-0.2, -0.15) is 5.10 Å². The average Bonchev–Trinajstić information content (AvgIpc) is 3.24. The third-order valence-electron chi connectivity index (χ3n) is 5.16. The van der Waals surface area contributed by atoms with Crippen LogP contribution in [0.15, 0.2) is 54.6 Å². The molecule has 0 aliphatic carbocycles. The summed E-state index contributed by atoms with van der Waals surface area (Å²) in [5.74, 6) is 1.57. The highest BCUT2D eigenvalue weighted by Gasteiger charge is 2.24. The zero-order valence-electron chi connectivity index (χ0n) is 16.2. The number of carbonyl (C=O) groups is 1. The number of anilines is 1. The van der Waals surface area contributed by atoms with Gasteiger partial charge in [0.05, 0.1) is 23.4 Å². The maximum atomic E-state index is 12.6. The maximum Gasteiger partial charge on any atom is 0.253 e. The van der Waals surface area contributed by atoms with Crippen LogP contribution in [0.2, 0.25) is 5.02 Å². The van der Waals surface area contributed by atoms with Crippen molar-refractivity contribution >= 4 is 23.3 Å². The number of ether oxygens (including phenoxy) is 1. The summed E-state index contributed by atoms with van der Waals surface area (Å²) in [6, 6.07) is 17.1. The summed E-state index contributed by atoms with van der Waals surface area (Å²) >= 11 is 6.15. The smallest absolute Gasteiger partial charge is 0.253 e. The second kappa shape index (κ2) is 8.57. The zero-order chi connectivity index (χ0) is 20.2. The van der Waals surface area contributed by atoms with Gasteiger partial charge < -0.3 is 15.0 Å². The number of aromatic amines is 1. The van der Waals surface area contributed by atoms with E-state index >= 15 is 0 Å². The molecule has 1 aromatic heterocycles. The summed E-state index contributed by atoms with van der Waals surface area (Å²) in [6.07, 6.45) is 1.92. The molecule has 29 heavy (non-hydrogen) atoms. The quantitative estimate of drug-likeness (QED) is 0.663. The molecule has 1 fully saturated rings. The first kappa shape index (κ1) is 19.3. The molecule has 3 aromatic rings. The molecule has 1 amide bonds. The van der Waals surface area contributed by atoms with Gasteiger partial charge in [-0.15, -0.1) is 0 Å². The van der Waals surface area contributed by atoms with E-state index in [2.05, 4.69) is 20.4 Å². The largest absolute Gasteiger partial charge is 0.497 e. The molecule has 1 aliphatic rings. The van der Waals surface area contributed by atoms with E-state index in [1.165, 1.54) is 0 Å². The molecular formula is C22H23ClN4O2. The molecule has 7 heteroatoms. The molecule has 1 saturated heterocycles. The van der Waals surface area contributed by atoms with Crippen molar-refractivity contribution < 1.29 is 9.53 Å². The second-order valence-corrected chi connectivity index (χ2v) is 7.51. The molecule has 4 rings (SSSR count). The van der Waals surface area contributed by atoms with Crippen molar-refractivity contribution in [3.63, 3.8) is 0 Å². The lowest BCUT2D eigenvalue weighted by molar-refractivity contribution is 0.0933. The fourth-order valence-corrected chi connectivity index (χ4v) is 3.82. The van der Waals surface area contributed by atoms with E-state index in [1.807, 2.05) is 42.5 Å². The SMILES string of the molecule is COc1ccc(-c2cc(N3CCCC(NC(=O)c4ccccc4Cl)C3)n[nH]2)cc1. The Morgan fingerprint density at radius 1 is 1.24 bits per heavy atom. The van der Waals surface area contributed by atoms with E-state index in [0.717, 1.165) is 42.2 Å². The van der Waals surface area contributed by atoms with Crippen molar-refractivity contribution in [2.75, 3.05) is 25.1 Å². The van der Waals surface area contributed by atoms with E-state index in [-0.39, 0.29) is 11.9 Å². The molecule has 0 spiro atoms. The summed E-state index contributed by atoms with van der Waals surface area (Å²) in [5, 5.41) is 11.2. The van der Waals surface area contributed by atoms with Gasteiger partial charge in [-0.1, -0.05) is 23.7 Å². The minimum absolute atomic E-state index is 0.0497. The second-order valence-electron chi connectivity index (χ2n) is 7.11. The normalized spacial score (nSPS) is 16.5. The van der Waals surface area contributed by atoms with Gasteiger partial charge in [0.15, 0.2) is 5.82 Å². The standard InChI is InChI=1S/C22H23ClN4O2/c1-29-17-10-8-15(9-11-17)20-13-21(26-25-20)27-12-4-5-16(14-27)24-22(28)18-6-2-3-7-19(18)23/h2-3,6-11,13,16H,4-5,12,14H2,1H3,(H,24,28)(H,25,26). The summed E-state index contributed by atoms with van der Waals surface area (Å²) in [5.41, 5.74) is 2.50. The molecule has 2 aromatic carbocycles. The van der Waals surface area contributed by atoms with Gasteiger partial charge in [-0.05, 0) is 54.8 Å². The molecule has 1 unspecified atom stereocenters. The predicted octanol–water partition coefficient (Wildman–Crippen LogP) is 4.14. The number of rotatable bonds is 5. The number of halogens is 1. The maximum absolute atomic E-state index is 12.6. The number of nitrogens with zero attached hydrogens (tertiary/aromatic N) is 2. The molecule has 1 atom stereocenters. The van der Waals surface area contributed by atoms with Crippen LogP contribution >= 0.6 is 11.6 Å². The topological polar surface area (TPSA) is 70.2 Å². The van der Waals surface area contributed by atoms with Gasteiger partial charge in [-0.3, -0.25) is 9.89 Å². The zero-order valence-corrected chi connectivity index (χ0v) is 16.9. The first-order chi connectivity index (χ1) is 14.1. The van der Waals surface area contributed by atoms with Crippen molar-refractivity contribution in [1.29, 1.82) is 0 Å². The molecule has 1 aliphatic heterocycles. The number of H-pyrrole nitrogens is 1. The highest BCUT2D eigenvalue weighted by Crippen LogP contribution is 2.26. The van der Waals surface area contributed by atoms with Crippen LogP contribution < -0.4 is 15.0 Å². The first-order valence-electron chi connectivity index (χ1n) is 9.64. The third kappa shape index (κ3) is 4.38. The van der Waals surface area contributed by atoms with Gasteiger partial charge in [0.25, 0.3) is 5.91 Å². The van der Waals surface area contributed by atoms with E-state index in [9.17, 15) is 4.79 Å². The Kier molecular flexibility index (Phi) is 5.71. The number of carbonyl (C=O) groups excluding carboxylic acids is 1. The molecular weight excluding hydrogens is 388 g/mol. The minimum atomic E-state index is -0.136. The summed E-state index contributed by atoms with van der Waals surface area (Å²) in [4.78, 5) is 14.8.